The summed E-state index contributed by atoms with van der Waals surface area (Å²) in [6.07, 6.45) is 0. The third kappa shape index (κ3) is 5.33. The van der Waals surface area contributed by atoms with E-state index in [-0.39, 0.29) is 6.03 Å². The highest BCUT2D eigenvalue weighted by atomic mass is 16.2. The number of amides is 2. The number of rotatable bonds is 7. The number of hydrogen-bond donors (Lipinski definition) is 1. The van der Waals surface area contributed by atoms with Crippen LogP contribution in [0.15, 0.2) is 42.5 Å². The monoisotopic (exact) mass is 408 g/mol. The van der Waals surface area contributed by atoms with E-state index < -0.39 is 0 Å². The van der Waals surface area contributed by atoms with E-state index in [0.717, 1.165) is 45.8 Å². The first-order chi connectivity index (χ1) is 14.5. The molecular formula is C25H36N4O. The minimum Gasteiger partial charge on any atom is -0.368 e. The van der Waals surface area contributed by atoms with Crippen molar-refractivity contribution in [2.45, 2.75) is 40.8 Å². The number of hydrogen-bond acceptors (Lipinski definition) is 3. The Bertz CT molecular complexity index is 839. The summed E-state index contributed by atoms with van der Waals surface area (Å²) in [5.41, 5.74) is 6.43. The number of piperazine rings is 1. The average Bonchev–Trinajstić information content (AvgIpc) is 2.78. The molecule has 2 aromatic carbocycles. The molecule has 0 atom stereocenters. The fourth-order valence-electron chi connectivity index (χ4n) is 4.08. The number of urea groups is 1. The summed E-state index contributed by atoms with van der Waals surface area (Å²) >= 11 is 0. The van der Waals surface area contributed by atoms with E-state index in [1.807, 2.05) is 4.90 Å². The Morgan fingerprint density at radius 3 is 2.27 bits per heavy atom. The fourth-order valence-corrected chi connectivity index (χ4v) is 4.08. The summed E-state index contributed by atoms with van der Waals surface area (Å²) < 4.78 is 0. The third-order valence-electron chi connectivity index (χ3n) is 6.32. The minimum absolute atomic E-state index is 0.0354. The first-order valence-electron chi connectivity index (χ1n) is 11.2. The van der Waals surface area contributed by atoms with Crippen LogP contribution in [0.25, 0.3) is 0 Å². The summed E-state index contributed by atoms with van der Waals surface area (Å²) in [4.78, 5) is 19.5. The molecule has 1 aliphatic rings. The Kier molecular flexibility index (Phi) is 7.75. The zero-order valence-corrected chi connectivity index (χ0v) is 18.9. The molecule has 1 heterocycles. The molecule has 3 rings (SSSR count). The van der Waals surface area contributed by atoms with Crippen LogP contribution in [-0.2, 0) is 13.1 Å². The van der Waals surface area contributed by atoms with Gasteiger partial charge in [-0.05, 0) is 55.3 Å². The van der Waals surface area contributed by atoms with Crippen molar-refractivity contribution in [3.05, 3.63) is 64.7 Å². The lowest BCUT2D eigenvalue weighted by Crippen LogP contribution is -2.51. The predicted molar refractivity (Wildman–Crippen MR) is 125 cm³/mol. The first-order valence-corrected chi connectivity index (χ1v) is 11.2. The van der Waals surface area contributed by atoms with Crippen molar-refractivity contribution in [2.24, 2.45) is 0 Å². The number of nitrogens with zero attached hydrogens (tertiary/aromatic N) is 3. The lowest BCUT2D eigenvalue weighted by Gasteiger charge is -2.37. The molecule has 1 saturated heterocycles. The van der Waals surface area contributed by atoms with Gasteiger partial charge in [0, 0.05) is 45.0 Å². The standard InChI is InChI=1S/C25H36N4O/c1-5-27(6-2)19-23-12-8-7-11-22(23)18-26-25(30)29-16-14-28(15-17-29)24-13-9-10-20(3)21(24)4/h7-13H,5-6,14-19H2,1-4H3,(H,26,30). The van der Waals surface area contributed by atoms with Crippen molar-refractivity contribution in [3.8, 4) is 0 Å². The molecule has 1 aliphatic heterocycles. The van der Waals surface area contributed by atoms with Crippen LogP contribution < -0.4 is 10.2 Å². The summed E-state index contributed by atoms with van der Waals surface area (Å²) in [5, 5.41) is 3.14. The lowest BCUT2D eigenvalue weighted by molar-refractivity contribution is 0.194. The Morgan fingerprint density at radius 2 is 1.60 bits per heavy atom. The Balaban J connectivity index is 1.54. The van der Waals surface area contributed by atoms with Crippen LogP contribution in [0.4, 0.5) is 10.5 Å². The minimum atomic E-state index is 0.0354. The van der Waals surface area contributed by atoms with Crippen molar-refractivity contribution >= 4 is 11.7 Å². The van der Waals surface area contributed by atoms with Crippen LogP contribution in [0.1, 0.15) is 36.1 Å². The van der Waals surface area contributed by atoms with Gasteiger partial charge < -0.3 is 15.1 Å². The van der Waals surface area contributed by atoms with E-state index in [1.165, 1.54) is 27.9 Å². The Morgan fingerprint density at radius 1 is 0.933 bits per heavy atom. The maximum absolute atomic E-state index is 12.8. The quantitative estimate of drug-likeness (QED) is 0.747. The average molecular weight is 409 g/mol. The molecular weight excluding hydrogens is 372 g/mol. The van der Waals surface area contributed by atoms with Gasteiger partial charge in [0.15, 0.2) is 0 Å². The molecule has 0 aromatic heterocycles. The van der Waals surface area contributed by atoms with Crippen molar-refractivity contribution in [1.29, 1.82) is 0 Å². The molecule has 0 radical (unpaired) electrons. The van der Waals surface area contributed by atoms with E-state index >= 15 is 0 Å². The second-order valence-corrected chi connectivity index (χ2v) is 8.08. The summed E-state index contributed by atoms with van der Waals surface area (Å²) in [6, 6.07) is 14.9. The maximum atomic E-state index is 12.8. The van der Waals surface area contributed by atoms with Gasteiger partial charge >= 0.3 is 6.03 Å². The van der Waals surface area contributed by atoms with Gasteiger partial charge in [0.25, 0.3) is 0 Å². The number of anilines is 1. The summed E-state index contributed by atoms with van der Waals surface area (Å²) in [7, 11) is 0. The molecule has 0 unspecified atom stereocenters. The molecule has 1 N–H and O–H groups in total. The van der Waals surface area contributed by atoms with Crippen LogP contribution in [-0.4, -0.2) is 55.1 Å². The van der Waals surface area contributed by atoms with Crippen molar-refractivity contribution < 1.29 is 4.79 Å². The molecule has 2 aromatic rings. The molecule has 5 heteroatoms. The van der Waals surface area contributed by atoms with Gasteiger partial charge in [-0.2, -0.15) is 0 Å². The van der Waals surface area contributed by atoms with Gasteiger partial charge in [0.05, 0.1) is 0 Å². The third-order valence-corrected chi connectivity index (χ3v) is 6.32. The van der Waals surface area contributed by atoms with Gasteiger partial charge in [0.2, 0.25) is 0 Å². The zero-order valence-electron chi connectivity index (χ0n) is 18.9. The molecule has 1 fully saturated rings. The summed E-state index contributed by atoms with van der Waals surface area (Å²) in [6.45, 7) is 15.5. The van der Waals surface area contributed by atoms with Crippen molar-refractivity contribution in [1.82, 2.24) is 15.1 Å². The lowest BCUT2D eigenvalue weighted by atomic mass is 10.1. The van der Waals surface area contributed by atoms with E-state index in [2.05, 4.69) is 85.3 Å². The Labute approximate surface area is 181 Å². The first kappa shape index (κ1) is 22.2. The van der Waals surface area contributed by atoms with E-state index in [0.29, 0.717) is 6.54 Å². The molecule has 0 saturated carbocycles. The number of benzene rings is 2. The SMILES string of the molecule is CCN(CC)Cc1ccccc1CNC(=O)N1CCN(c2cccc(C)c2C)CC1. The number of carbonyl (C=O) groups is 1. The fraction of sp³-hybridized carbons (Fsp3) is 0.480. The van der Waals surface area contributed by atoms with Gasteiger partial charge in [0.1, 0.15) is 0 Å². The second kappa shape index (κ2) is 10.5. The summed E-state index contributed by atoms with van der Waals surface area (Å²) in [5.74, 6) is 0. The Hall–Kier alpha value is -2.53. The largest absolute Gasteiger partial charge is 0.368 e. The molecule has 5 nitrogen and oxygen atoms in total. The van der Waals surface area contributed by atoms with Gasteiger partial charge in [-0.25, -0.2) is 4.79 Å². The second-order valence-electron chi connectivity index (χ2n) is 8.08. The molecule has 0 aliphatic carbocycles. The number of carbonyl (C=O) groups excluding carboxylic acids is 1. The van der Waals surface area contributed by atoms with Crippen LogP contribution in [0.3, 0.4) is 0 Å². The zero-order chi connectivity index (χ0) is 21.5. The molecule has 162 valence electrons. The van der Waals surface area contributed by atoms with Crippen LogP contribution in [0.2, 0.25) is 0 Å². The molecule has 2 amide bonds. The molecule has 0 bridgehead atoms. The number of nitrogens with one attached hydrogen (secondary N) is 1. The molecule has 0 spiro atoms. The van der Waals surface area contributed by atoms with Crippen LogP contribution in [0, 0.1) is 13.8 Å². The van der Waals surface area contributed by atoms with Gasteiger partial charge in [-0.15, -0.1) is 0 Å². The molecule has 30 heavy (non-hydrogen) atoms. The smallest absolute Gasteiger partial charge is 0.317 e. The van der Waals surface area contributed by atoms with Crippen LogP contribution >= 0.6 is 0 Å². The number of aryl methyl sites for hydroxylation is 1. The van der Waals surface area contributed by atoms with E-state index in [4.69, 9.17) is 0 Å². The predicted octanol–water partition coefficient (Wildman–Crippen LogP) is 4.18. The van der Waals surface area contributed by atoms with Gasteiger partial charge in [-0.3, -0.25) is 4.90 Å². The highest BCUT2D eigenvalue weighted by Crippen LogP contribution is 2.24. The van der Waals surface area contributed by atoms with Crippen molar-refractivity contribution in [2.75, 3.05) is 44.2 Å². The van der Waals surface area contributed by atoms with Gasteiger partial charge in [-0.1, -0.05) is 50.2 Å². The van der Waals surface area contributed by atoms with Crippen LogP contribution in [0.5, 0.6) is 0 Å². The topological polar surface area (TPSA) is 38.8 Å². The highest BCUT2D eigenvalue weighted by Gasteiger charge is 2.22. The van der Waals surface area contributed by atoms with E-state index in [1.54, 1.807) is 0 Å². The maximum Gasteiger partial charge on any atom is 0.317 e. The highest BCUT2D eigenvalue weighted by molar-refractivity contribution is 5.74. The van der Waals surface area contributed by atoms with E-state index in [9.17, 15) is 4.79 Å². The van der Waals surface area contributed by atoms with Crippen molar-refractivity contribution in [3.63, 3.8) is 0 Å². The normalized spacial score (nSPS) is 14.3.